The molecule has 0 radical (unpaired) electrons. The van der Waals surface area contributed by atoms with Gasteiger partial charge in [-0.3, -0.25) is 10.1 Å². The molecule has 0 spiro atoms. The largest absolute Gasteiger partial charge is 0.416 e. The molecule has 0 fully saturated rings. The first-order chi connectivity index (χ1) is 14.0. The Morgan fingerprint density at radius 1 is 0.933 bits per heavy atom. The number of hydrogen-bond donors (Lipinski definition) is 1. The van der Waals surface area contributed by atoms with Gasteiger partial charge in [0.1, 0.15) is 0 Å². The zero-order chi connectivity index (χ0) is 21.9. The molecule has 1 aromatic heterocycles. The van der Waals surface area contributed by atoms with Crippen LogP contribution in [0, 0.1) is 0 Å². The molecule has 0 saturated heterocycles. The summed E-state index contributed by atoms with van der Waals surface area (Å²) in [6.45, 7) is 0. The van der Waals surface area contributed by atoms with Gasteiger partial charge in [0, 0.05) is 11.3 Å². The molecule has 1 amide bonds. The fraction of sp³-hybridized carbons (Fsp3) is 0.167. The molecule has 0 bridgehead atoms. The van der Waals surface area contributed by atoms with Crippen LogP contribution in [0.2, 0.25) is 0 Å². The number of benzene rings is 2. The number of carbonyl (C=O) groups excluding carboxylic acids is 1. The van der Waals surface area contributed by atoms with E-state index in [0.29, 0.717) is 22.2 Å². The predicted molar refractivity (Wildman–Crippen MR) is 100 cm³/mol. The summed E-state index contributed by atoms with van der Waals surface area (Å²) < 4.78 is 78.1. The van der Waals surface area contributed by atoms with Gasteiger partial charge < -0.3 is 0 Å². The van der Waals surface area contributed by atoms with E-state index in [1.165, 1.54) is 11.8 Å². The fourth-order valence-corrected chi connectivity index (χ4v) is 4.00. The van der Waals surface area contributed by atoms with E-state index >= 15 is 0 Å². The van der Waals surface area contributed by atoms with E-state index in [9.17, 15) is 31.1 Å². The van der Waals surface area contributed by atoms with Gasteiger partial charge in [0.25, 0.3) is 5.91 Å². The third kappa shape index (κ3) is 5.72. The summed E-state index contributed by atoms with van der Waals surface area (Å²) in [7, 11) is 0. The first-order valence-corrected chi connectivity index (χ1v) is 9.93. The molecule has 0 atom stereocenters. The first-order valence-electron chi connectivity index (χ1n) is 8.13. The molecular weight excluding hydrogens is 452 g/mol. The number of amides is 1. The van der Waals surface area contributed by atoms with Gasteiger partial charge in [0.2, 0.25) is 5.13 Å². The maximum Gasteiger partial charge on any atom is 0.416 e. The van der Waals surface area contributed by atoms with E-state index in [2.05, 4.69) is 15.5 Å². The van der Waals surface area contributed by atoms with Crippen molar-refractivity contribution < 1.29 is 31.1 Å². The van der Waals surface area contributed by atoms with Gasteiger partial charge in [-0.25, -0.2) is 0 Å². The number of thioether (sulfide) groups is 1. The van der Waals surface area contributed by atoms with Crippen molar-refractivity contribution in [2.75, 3.05) is 5.32 Å². The summed E-state index contributed by atoms with van der Waals surface area (Å²) in [6.07, 6.45) is -10.1. The normalized spacial score (nSPS) is 12.1. The van der Waals surface area contributed by atoms with Gasteiger partial charge >= 0.3 is 12.4 Å². The first kappa shape index (κ1) is 22.1. The quantitative estimate of drug-likeness (QED) is 0.281. The van der Waals surface area contributed by atoms with Crippen molar-refractivity contribution in [3.05, 3.63) is 70.8 Å². The van der Waals surface area contributed by atoms with Crippen LogP contribution in [0.3, 0.4) is 0 Å². The number of nitrogens with zero attached hydrogens (tertiary/aromatic N) is 2. The van der Waals surface area contributed by atoms with Crippen LogP contribution in [-0.2, 0) is 18.1 Å². The number of rotatable bonds is 5. The van der Waals surface area contributed by atoms with Crippen molar-refractivity contribution in [1.29, 1.82) is 0 Å². The molecule has 1 heterocycles. The second-order valence-corrected chi connectivity index (χ2v) is 8.10. The molecule has 12 heteroatoms. The molecule has 0 aliphatic carbocycles. The van der Waals surface area contributed by atoms with Crippen molar-refractivity contribution in [3.63, 3.8) is 0 Å². The Kier molecular flexibility index (Phi) is 6.36. The highest BCUT2D eigenvalue weighted by molar-refractivity contribution is 8.00. The summed E-state index contributed by atoms with van der Waals surface area (Å²) >= 11 is 2.28. The lowest BCUT2D eigenvalue weighted by Gasteiger charge is -2.13. The Balaban J connectivity index is 1.75. The maximum absolute atomic E-state index is 12.9. The number of nitrogens with one attached hydrogen (secondary N) is 1. The van der Waals surface area contributed by atoms with Gasteiger partial charge in [-0.2, -0.15) is 26.3 Å². The molecular formula is C18H11F6N3OS2. The third-order valence-electron chi connectivity index (χ3n) is 3.68. The lowest BCUT2D eigenvalue weighted by Crippen LogP contribution is -2.17. The van der Waals surface area contributed by atoms with Crippen LogP contribution >= 0.6 is 23.1 Å². The highest BCUT2D eigenvalue weighted by atomic mass is 32.2. The standard InChI is InChI=1S/C18H11F6N3OS2/c19-17(20,21)12-6-11(7-13(8-12)18(22,23)24)14(28)25-15-26-27-16(30-15)29-9-10-4-2-1-3-5-10/h1-8H,9H2,(H,25,26,28). The summed E-state index contributed by atoms with van der Waals surface area (Å²) in [5.74, 6) is -0.575. The summed E-state index contributed by atoms with van der Waals surface area (Å²) in [5.41, 5.74) is -2.91. The van der Waals surface area contributed by atoms with E-state index in [0.717, 1.165) is 16.9 Å². The Bertz CT molecular complexity index is 1000. The van der Waals surface area contributed by atoms with Crippen LogP contribution in [-0.4, -0.2) is 16.1 Å². The molecule has 30 heavy (non-hydrogen) atoms. The minimum Gasteiger partial charge on any atom is -0.296 e. The molecule has 3 aromatic rings. The number of carbonyl (C=O) groups is 1. The SMILES string of the molecule is O=C(Nc1nnc(SCc2ccccc2)s1)c1cc(C(F)(F)F)cc(C(F)(F)F)c1. The highest BCUT2D eigenvalue weighted by Gasteiger charge is 2.37. The van der Waals surface area contributed by atoms with Gasteiger partial charge in [0.05, 0.1) is 11.1 Å². The van der Waals surface area contributed by atoms with E-state index in [1.807, 2.05) is 30.3 Å². The van der Waals surface area contributed by atoms with Gasteiger partial charge in [-0.15, -0.1) is 10.2 Å². The average molecular weight is 463 g/mol. The van der Waals surface area contributed by atoms with Crippen molar-refractivity contribution in [3.8, 4) is 0 Å². The third-order valence-corrected chi connectivity index (χ3v) is 5.73. The van der Waals surface area contributed by atoms with Crippen LogP contribution in [0.5, 0.6) is 0 Å². The number of anilines is 1. The van der Waals surface area contributed by atoms with Crippen LogP contribution in [0.25, 0.3) is 0 Å². The molecule has 1 N–H and O–H groups in total. The lowest BCUT2D eigenvalue weighted by molar-refractivity contribution is -0.143. The molecule has 0 saturated carbocycles. The van der Waals surface area contributed by atoms with Crippen LogP contribution in [0.15, 0.2) is 52.9 Å². The molecule has 0 aliphatic heterocycles. The van der Waals surface area contributed by atoms with Gasteiger partial charge in [0.15, 0.2) is 4.34 Å². The average Bonchev–Trinajstić information content (AvgIpc) is 3.13. The zero-order valence-corrected chi connectivity index (χ0v) is 16.3. The molecule has 4 nitrogen and oxygen atoms in total. The van der Waals surface area contributed by atoms with Crippen molar-refractivity contribution in [2.45, 2.75) is 22.4 Å². The number of halogens is 6. The van der Waals surface area contributed by atoms with E-state index in [1.54, 1.807) is 0 Å². The number of hydrogen-bond acceptors (Lipinski definition) is 5. The molecule has 3 rings (SSSR count). The Hall–Kier alpha value is -2.60. The number of alkyl halides is 6. The van der Waals surface area contributed by atoms with Crippen LogP contribution in [0.4, 0.5) is 31.5 Å². The number of aromatic nitrogens is 2. The predicted octanol–water partition coefficient (Wildman–Crippen LogP) is 6.12. The Labute approximate surface area is 174 Å². The molecule has 158 valence electrons. The lowest BCUT2D eigenvalue weighted by atomic mass is 10.0. The van der Waals surface area contributed by atoms with E-state index in [-0.39, 0.29) is 11.2 Å². The second kappa shape index (κ2) is 8.64. The summed E-state index contributed by atoms with van der Waals surface area (Å²) in [5, 5.41) is 9.71. The Morgan fingerprint density at radius 2 is 1.53 bits per heavy atom. The summed E-state index contributed by atoms with van der Waals surface area (Å²) in [4.78, 5) is 12.2. The van der Waals surface area contributed by atoms with E-state index < -0.39 is 35.0 Å². The van der Waals surface area contributed by atoms with Crippen LogP contribution in [0.1, 0.15) is 27.0 Å². The topological polar surface area (TPSA) is 54.9 Å². The van der Waals surface area contributed by atoms with Gasteiger partial charge in [-0.1, -0.05) is 53.4 Å². The Morgan fingerprint density at radius 3 is 2.10 bits per heavy atom. The van der Waals surface area contributed by atoms with Crippen molar-refractivity contribution in [1.82, 2.24) is 10.2 Å². The summed E-state index contributed by atoms with van der Waals surface area (Å²) in [6, 6.07) is 10.1. The molecule has 0 unspecified atom stereocenters. The maximum atomic E-state index is 12.9. The minimum absolute atomic E-state index is 0.0402. The smallest absolute Gasteiger partial charge is 0.296 e. The minimum atomic E-state index is -5.04. The monoisotopic (exact) mass is 463 g/mol. The van der Waals surface area contributed by atoms with E-state index in [4.69, 9.17) is 0 Å². The van der Waals surface area contributed by atoms with Crippen molar-refractivity contribution >= 4 is 34.1 Å². The second-order valence-electron chi connectivity index (χ2n) is 5.90. The van der Waals surface area contributed by atoms with Gasteiger partial charge in [-0.05, 0) is 23.8 Å². The fourth-order valence-electron chi connectivity index (χ4n) is 2.29. The van der Waals surface area contributed by atoms with Crippen LogP contribution < -0.4 is 5.32 Å². The molecule has 2 aromatic carbocycles. The molecule has 0 aliphatic rings. The highest BCUT2D eigenvalue weighted by Crippen LogP contribution is 2.36. The zero-order valence-electron chi connectivity index (χ0n) is 14.7. The van der Waals surface area contributed by atoms with Crippen molar-refractivity contribution in [2.24, 2.45) is 0 Å².